The predicted molar refractivity (Wildman–Crippen MR) is 79.8 cm³/mol. The molecule has 0 fully saturated rings. The highest BCUT2D eigenvalue weighted by Crippen LogP contribution is 2.32. The van der Waals surface area contributed by atoms with Gasteiger partial charge in [-0.25, -0.2) is 4.98 Å². The lowest BCUT2D eigenvalue weighted by atomic mass is 10.3. The number of thioether (sulfide) groups is 1. The van der Waals surface area contributed by atoms with Crippen LogP contribution in [0.25, 0.3) is 0 Å². The van der Waals surface area contributed by atoms with E-state index in [1.54, 1.807) is 23.1 Å². The molecule has 0 unspecified atom stereocenters. The highest BCUT2D eigenvalue weighted by Gasteiger charge is 2.11. The molecule has 0 saturated carbocycles. The highest BCUT2D eigenvalue weighted by atomic mass is 79.9. The van der Waals surface area contributed by atoms with E-state index in [0.29, 0.717) is 0 Å². The largest absolute Gasteiger partial charge is 0.481 e. The van der Waals surface area contributed by atoms with Gasteiger partial charge >= 0.3 is 5.97 Å². The summed E-state index contributed by atoms with van der Waals surface area (Å²) in [5, 5.41) is 10.8. The zero-order chi connectivity index (χ0) is 13.1. The third-order valence-corrected chi connectivity index (χ3v) is 6.37. The molecule has 0 radical (unpaired) electrons. The first kappa shape index (κ1) is 14.0. The number of thiophene rings is 1. The van der Waals surface area contributed by atoms with Crippen LogP contribution in [0.3, 0.4) is 0 Å². The summed E-state index contributed by atoms with van der Waals surface area (Å²) < 4.78 is 2.04. The van der Waals surface area contributed by atoms with Crippen LogP contribution in [0.4, 0.5) is 0 Å². The van der Waals surface area contributed by atoms with Crippen LogP contribution in [0, 0.1) is 6.92 Å². The predicted octanol–water partition coefficient (Wildman–Crippen LogP) is 4.19. The van der Waals surface area contributed by atoms with Gasteiger partial charge in [-0.05, 0) is 28.9 Å². The first-order valence-corrected chi connectivity index (χ1v) is 8.56. The summed E-state index contributed by atoms with van der Waals surface area (Å²) in [7, 11) is 0. The number of halogens is 1. The summed E-state index contributed by atoms with van der Waals surface area (Å²) in [4.78, 5) is 17.2. The lowest BCUT2D eigenvalue weighted by Crippen LogP contribution is -1.99. The van der Waals surface area contributed by atoms with Crippen molar-refractivity contribution >= 4 is 56.3 Å². The molecular weight excluding hydrogens is 354 g/mol. The van der Waals surface area contributed by atoms with Gasteiger partial charge in [0.2, 0.25) is 0 Å². The number of rotatable bonds is 5. The number of aromatic nitrogens is 1. The van der Waals surface area contributed by atoms with Crippen LogP contribution in [-0.4, -0.2) is 16.1 Å². The third-order valence-electron chi connectivity index (χ3n) is 2.14. The number of carboxylic acids is 1. The molecule has 2 aromatic rings. The Kier molecular flexibility index (Phi) is 4.83. The van der Waals surface area contributed by atoms with Crippen LogP contribution in [0.2, 0.25) is 0 Å². The van der Waals surface area contributed by atoms with Crippen LogP contribution in [0.5, 0.6) is 0 Å². The third kappa shape index (κ3) is 3.81. The van der Waals surface area contributed by atoms with Crippen molar-refractivity contribution in [2.45, 2.75) is 23.4 Å². The Hall–Kier alpha value is -0.370. The Balaban J connectivity index is 1.99. The molecule has 0 atom stereocenters. The lowest BCUT2D eigenvalue weighted by molar-refractivity contribution is -0.136. The summed E-state index contributed by atoms with van der Waals surface area (Å²) >= 11 is 8.26. The van der Waals surface area contributed by atoms with Crippen molar-refractivity contribution in [2.75, 3.05) is 0 Å². The van der Waals surface area contributed by atoms with Gasteiger partial charge in [0.1, 0.15) is 0 Å². The molecule has 0 aliphatic rings. The van der Waals surface area contributed by atoms with Gasteiger partial charge in [-0.1, -0.05) is 11.8 Å². The Morgan fingerprint density at radius 3 is 3.00 bits per heavy atom. The monoisotopic (exact) mass is 363 g/mol. The summed E-state index contributed by atoms with van der Waals surface area (Å²) in [5.41, 5.74) is 0.831. The maximum Gasteiger partial charge on any atom is 0.308 e. The number of nitrogens with zero attached hydrogens (tertiary/aromatic N) is 1. The molecule has 2 heterocycles. The molecule has 7 heteroatoms. The number of hydrogen-bond acceptors (Lipinski definition) is 5. The van der Waals surface area contributed by atoms with Crippen LogP contribution < -0.4 is 0 Å². The fourth-order valence-electron chi connectivity index (χ4n) is 1.33. The van der Waals surface area contributed by atoms with Crippen molar-refractivity contribution in [1.29, 1.82) is 0 Å². The van der Waals surface area contributed by atoms with Crippen LogP contribution >= 0.6 is 50.4 Å². The van der Waals surface area contributed by atoms with Crippen molar-refractivity contribution in [2.24, 2.45) is 0 Å². The van der Waals surface area contributed by atoms with E-state index in [9.17, 15) is 4.79 Å². The van der Waals surface area contributed by atoms with Crippen LogP contribution in [0.1, 0.15) is 15.4 Å². The fraction of sp³-hybridized carbons (Fsp3) is 0.273. The van der Waals surface area contributed by atoms with E-state index >= 15 is 0 Å². The molecule has 0 bridgehead atoms. The second kappa shape index (κ2) is 6.18. The minimum Gasteiger partial charge on any atom is -0.481 e. The maximum absolute atomic E-state index is 10.7. The average Bonchev–Trinajstić information content (AvgIpc) is 2.83. The van der Waals surface area contributed by atoms with E-state index in [-0.39, 0.29) is 6.42 Å². The minimum atomic E-state index is -0.805. The van der Waals surface area contributed by atoms with Gasteiger partial charge in [-0.15, -0.1) is 22.7 Å². The standard InChI is InChI=1S/C11H10BrNO2S3/c1-6-9(3-10(14)15)18-11(13-6)17-5-8-2-7(12)4-16-8/h2,4H,3,5H2,1H3,(H,14,15). The fourth-order valence-corrected chi connectivity index (χ4v) is 5.06. The second-order valence-electron chi connectivity index (χ2n) is 3.58. The van der Waals surface area contributed by atoms with E-state index in [1.165, 1.54) is 16.2 Å². The molecular formula is C11H10BrNO2S3. The minimum absolute atomic E-state index is 0.0641. The Morgan fingerprint density at radius 2 is 2.39 bits per heavy atom. The van der Waals surface area contributed by atoms with Crippen molar-refractivity contribution < 1.29 is 9.90 Å². The van der Waals surface area contributed by atoms with Crippen LogP contribution in [0.15, 0.2) is 20.3 Å². The van der Waals surface area contributed by atoms with Gasteiger partial charge in [-0.3, -0.25) is 4.79 Å². The quantitative estimate of drug-likeness (QED) is 0.808. The molecule has 0 saturated heterocycles. The van der Waals surface area contributed by atoms with Gasteiger partial charge in [0.15, 0.2) is 4.34 Å². The van der Waals surface area contributed by atoms with E-state index in [2.05, 4.69) is 32.4 Å². The molecule has 18 heavy (non-hydrogen) atoms. The van der Waals surface area contributed by atoms with Gasteiger partial charge in [0.25, 0.3) is 0 Å². The summed E-state index contributed by atoms with van der Waals surface area (Å²) in [6.07, 6.45) is 0.0641. The number of hydrogen-bond donors (Lipinski definition) is 1. The second-order valence-corrected chi connectivity index (χ2v) is 7.80. The Labute approximate surface area is 125 Å². The highest BCUT2D eigenvalue weighted by molar-refractivity contribution is 9.10. The summed E-state index contributed by atoms with van der Waals surface area (Å²) in [5.74, 6) is 0.0657. The van der Waals surface area contributed by atoms with E-state index in [0.717, 1.165) is 25.1 Å². The van der Waals surface area contributed by atoms with Gasteiger partial charge in [0, 0.05) is 25.4 Å². The summed E-state index contributed by atoms with van der Waals surface area (Å²) in [6, 6.07) is 2.09. The molecule has 2 aromatic heterocycles. The van der Waals surface area contributed by atoms with Gasteiger partial charge in [-0.2, -0.15) is 0 Å². The van der Waals surface area contributed by atoms with Crippen molar-refractivity contribution in [3.05, 3.63) is 31.4 Å². The number of aliphatic carboxylic acids is 1. The molecule has 0 amide bonds. The Bertz CT molecular complexity index is 564. The molecule has 0 aliphatic carbocycles. The smallest absolute Gasteiger partial charge is 0.308 e. The zero-order valence-electron chi connectivity index (χ0n) is 9.47. The molecule has 0 spiro atoms. The van der Waals surface area contributed by atoms with Crippen molar-refractivity contribution in [1.82, 2.24) is 4.98 Å². The Morgan fingerprint density at radius 1 is 1.61 bits per heavy atom. The molecule has 96 valence electrons. The molecule has 2 rings (SSSR count). The summed E-state index contributed by atoms with van der Waals surface area (Å²) in [6.45, 7) is 1.86. The van der Waals surface area contributed by atoms with E-state index in [1.807, 2.05) is 6.92 Å². The average molecular weight is 364 g/mol. The SMILES string of the molecule is Cc1nc(SCc2cc(Br)cs2)sc1CC(=O)O. The van der Waals surface area contributed by atoms with Gasteiger partial charge in [0.05, 0.1) is 12.1 Å². The molecule has 0 aliphatic heterocycles. The van der Waals surface area contributed by atoms with Crippen molar-refractivity contribution in [3.63, 3.8) is 0 Å². The lowest BCUT2D eigenvalue weighted by Gasteiger charge is -1.93. The molecule has 3 nitrogen and oxygen atoms in total. The van der Waals surface area contributed by atoms with Crippen LogP contribution in [-0.2, 0) is 17.0 Å². The molecule has 1 N–H and O–H groups in total. The first-order valence-electron chi connectivity index (χ1n) is 5.08. The van der Waals surface area contributed by atoms with E-state index in [4.69, 9.17) is 5.11 Å². The van der Waals surface area contributed by atoms with E-state index < -0.39 is 5.97 Å². The number of carboxylic acid groups (broad SMARTS) is 1. The first-order chi connectivity index (χ1) is 8.54. The molecule has 0 aromatic carbocycles. The zero-order valence-corrected chi connectivity index (χ0v) is 13.5. The normalized spacial score (nSPS) is 10.8. The number of carbonyl (C=O) groups is 1. The number of aryl methyl sites for hydroxylation is 1. The topological polar surface area (TPSA) is 50.2 Å². The van der Waals surface area contributed by atoms with Crippen molar-refractivity contribution in [3.8, 4) is 0 Å². The van der Waals surface area contributed by atoms with Gasteiger partial charge < -0.3 is 5.11 Å². The number of thiazole rings is 1. The maximum atomic E-state index is 10.7.